The highest BCUT2D eigenvalue weighted by Crippen LogP contribution is 2.23. The predicted octanol–water partition coefficient (Wildman–Crippen LogP) is 2.14. The van der Waals surface area contributed by atoms with Crippen LogP contribution in [0.1, 0.15) is 11.3 Å². The summed E-state index contributed by atoms with van der Waals surface area (Å²) in [4.78, 5) is 0. The van der Waals surface area contributed by atoms with Gasteiger partial charge >= 0.3 is 0 Å². The molecule has 0 spiro atoms. The lowest BCUT2D eigenvalue weighted by Crippen LogP contribution is -2.15. The van der Waals surface area contributed by atoms with E-state index in [1.165, 1.54) is 22.2 Å². The average molecular weight is 335 g/mol. The summed E-state index contributed by atoms with van der Waals surface area (Å²) in [6.45, 7) is 3.67. The van der Waals surface area contributed by atoms with E-state index >= 15 is 0 Å². The number of hydrogen-bond donors (Lipinski definition) is 1. The molecule has 0 radical (unpaired) electrons. The number of anilines is 1. The van der Waals surface area contributed by atoms with Crippen molar-refractivity contribution in [3.05, 3.63) is 47.1 Å². The standard InChI is InChI=1S/C13H13N5O2S2/c1-9-7-13(21-8-9)22(19,20)17-12-5-6-14-18(12)11-4-3-10(2)15-16-11/h3-8,17H,1-2H3. The summed E-state index contributed by atoms with van der Waals surface area (Å²) in [6.07, 6.45) is 1.50. The first-order chi connectivity index (χ1) is 10.5. The van der Waals surface area contributed by atoms with Gasteiger partial charge in [-0.25, -0.2) is 8.42 Å². The van der Waals surface area contributed by atoms with Gasteiger partial charge in [0.05, 0.1) is 11.9 Å². The topological polar surface area (TPSA) is 89.8 Å². The SMILES string of the molecule is Cc1csc(S(=O)(=O)Nc2ccnn2-c2ccc(C)nn2)c1. The number of hydrogen-bond acceptors (Lipinski definition) is 6. The fourth-order valence-corrected chi connectivity index (χ4v) is 4.07. The number of thiophene rings is 1. The maximum Gasteiger partial charge on any atom is 0.272 e. The molecule has 22 heavy (non-hydrogen) atoms. The van der Waals surface area contributed by atoms with Crippen molar-refractivity contribution in [2.24, 2.45) is 0 Å². The predicted molar refractivity (Wildman–Crippen MR) is 83.8 cm³/mol. The van der Waals surface area contributed by atoms with Crippen LogP contribution in [0.25, 0.3) is 5.82 Å². The van der Waals surface area contributed by atoms with Crippen molar-refractivity contribution < 1.29 is 8.42 Å². The second-order valence-electron chi connectivity index (χ2n) is 4.71. The van der Waals surface area contributed by atoms with Crippen molar-refractivity contribution in [2.45, 2.75) is 18.1 Å². The minimum atomic E-state index is -3.64. The molecule has 114 valence electrons. The fraction of sp³-hybridized carbons (Fsp3) is 0.154. The van der Waals surface area contributed by atoms with Gasteiger partial charge < -0.3 is 0 Å². The molecule has 0 bridgehead atoms. The Balaban J connectivity index is 1.94. The van der Waals surface area contributed by atoms with E-state index in [2.05, 4.69) is 20.0 Å². The fourth-order valence-electron chi connectivity index (χ4n) is 1.80. The normalized spacial score (nSPS) is 11.5. The third-order valence-electron chi connectivity index (χ3n) is 2.85. The molecule has 0 aromatic carbocycles. The van der Waals surface area contributed by atoms with Gasteiger partial charge in [-0.1, -0.05) is 0 Å². The van der Waals surface area contributed by atoms with Crippen molar-refractivity contribution >= 4 is 27.2 Å². The van der Waals surface area contributed by atoms with Crippen LogP contribution < -0.4 is 4.72 Å². The van der Waals surface area contributed by atoms with E-state index in [0.29, 0.717) is 11.6 Å². The molecule has 0 saturated heterocycles. The van der Waals surface area contributed by atoms with Crippen LogP contribution >= 0.6 is 11.3 Å². The van der Waals surface area contributed by atoms with E-state index in [1.807, 2.05) is 13.8 Å². The first-order valence-corrected chi connectivity index (χ1v) is 8.75. The molecular weight excluding hydrogens is 322 g/mol. The van der Waals surface area contributed by atoms with Gasteiger partial charge in [-0.05, 0) is 43.0 Å². The third-order valence-corrected chi connectivity index (χ3v) is 5.77. The Morgan fingerprint density at radius 3 is 2.64 bits per heavy atom. The number of aryl methyl sites for hydroxylation is 2. The molecule has 0 aliphatic heterocycles. The molecule has 0 atom stereocenters. The minimum Gasteiger partial charge on any atom is -0.263 e. The van der Waals surface area contributed by atoms with Gasteiger partial charge in [0.15, 0.2) is 5.82 Å². The Morgan fingerprint density at radius 2 is 2.00 bits per heavy atom. The number of nitrogens with one attached hydrogen (secondary N) is 1. The summed E-state index contributed by atoms with van der Waals surface area (Å²) >= 11 is 1.17. The van der Waals surface area contributed by atoms with E-state index in [-0.39, 0.29) is 4.21 Å². The van der Waals surface area contributed by atoms with Gasteiger partial charge in [0, 0.05) is 6.07 Å². The van der Waals surface area contributed by atoms with Gasteiger partial charge in [-0.15, -0.1) is 16.4 Å². The highest BCUT2D eigenvalue weighted by atomic mass is 32.2. The van der Waals surface area contributed by atoms with Gasteiger partial charge in [0.25, 0.3) is 10.0 Å². The zero-order chi connectivity index (χ0) is 15.7. The van der Waals surface area contributed by atoms with Crippen molar-refractivity contribution in [3.63, 3.8) is 0 Å². The highest BCUT2D eigenvalue weighted by Gasteiger charge is 2.19. The molecule has 3 heterocycles. The molecule has 0 fully saturated rings. The van der Waals surface area contributed by atoms with Gasteiger partial charge in [-0.3, -0.25) is 4.72 Å². The van der Waals surface area contributed by atoms with E-state index in [1.54, 1.807) is 29.6 Å². The van der Waals surface area contributed by atoms with E-state index in [0.717, 1.165) is 11.3 Å². The monoisotopic (exact) mass is 335 g/mol. The van der Waals surface area contributed by atoms with Crippen LogP contribution in [-0.2, 0) is 10.0 Å². The molecule has 3 aromatic heterocycles. The zero-order valence-electron chi connectivity index (χ0n) is 11.9. The summed E-state index contributed by atoms with van der Waals surface area (Å²) in [7, 11) is -3.64. The van der Waals surface area contributed by atoms with E-state index in [9.17, 15) is 8.42 Å². The number of sulfonamides is 1. The summed E-state index contributed by atoms with van der Waals surface area (Å²) in [5.74, 6) is 0.750. The van der Waals surface area contributed by atoms with E-state index < -0.39 is 10.0 Å². The molecule has 0 saturated carbocycles. The molecule has 9 heteroatoms. The Bertz CT molecular complexity index is 897. The largest absolute Gasteiger partial charge is 0.272 e. The van der Waals surface area contributed by atoms with Crippen LogP contribution in [-0.4, -0.2) is 28.4 Å². The highest BCUT2D eigenvalue weighted by molar-refractivity contribution is 7.94. The molecule has 7 nitrogen and oxygen atoms in total. The molecule has 3 aromatic rings. The summed E-state index contributed by atoms with van der Waals surface area (Å²) < 4.78 is 28.9. The van der Waals surface area contributed by atoms with Crippen molar-refractivity contribution in [3.8, 4) is 5.82 Å². The molecular formula is C13H13N5O2S2. The minimum absolute atomic E-state index is 0.257. The van der Waals surface area contributed by atoms with Crippen molar-refractivity contribution in [2.75, 3.05) is 4.72 Å². The summed E-state index contributed by atoms with van der Waals surface area (Å²) in [5.41, 5.74) is 1.68. The van der Waals surface area contributed by atoms with Crippen LogP contribution in [0.4, 0.5) is 5.82 Å². The van der Waals surface area contributed by atoms with E-state index in [4.69, 9.17) is 0 Å². The Kier molecular flexibility index (Phi) is 3.67. The maximum absolute atomic E-state index is 12.4. The second-order valence-corrected chi connectivity index (χ2v) is 7.53. The molecule has 0 unspecified atom stereocenters. The lowest BCUT2D eigenvalue weighted by molar-refractivity contribution is 0.602. The number of aromatic nitrogens is 4. The van der Waals surface area contributed by atoms with Crippen LogP contribution in [0.2, 0.25) is 0 Å². The lowest BCUT2D eigenvalue weighted by Gasteiger charge is -2.08. The quantitative estimate of drug-likeness (QED) is 0.789. The van der Waals surface area contributed by atoms with Crippen molar-refractivity contribution in [1.29, 1.82) is 0 Å². The Hall–Kier alpha value is -2.26. The van der Waals surface area contributed by atoms with Crippen molar-refractivity contribution in [1.82, 2.24) is 20.0 Å². The molecule has 1 N–H and O–H groups in total. The first kappa shape index (κ1) is 14.7. The zero-order valence-corrected chi connectivity index (χ0v) is 13.5. The summed E-state index contributed by atoms with van der Waals surface area (Å²) in [6, 6.07) is 6.70. The number of nitrogens with zero attached hydrogens (tertiary/aromatic N) is 4. The molecule has 0 amide bonds. The maximum atomic E-state index is 12.4. The van der Waals surface area contributed by atoms with Gasteiger partial charge in [0.1, 0.15) is 10.0 Å². The van der Waals surface area contributed by atoms with Crippen LogP contribution in [0.3, 0.4) is 0 Å². The van der Waals surface area contributed by atoms with Gasteiger partial charge in [-0.2, -0.15) is 14.9 Å². The first-order valence-electron chi connectivity index (χ1n) is 6.38. The van der Waals surface area contributed by atoms with Crippen LogP contribution in [0, 0.1) is 13.8 Å². The second kappa shape index (κ2) is 5.50. The number of rotatable bonds is 4. The Morgan fingerprint density at radius 1 is 1.18 bits per heavy atom. The van der Waals surface area contributed by atoms with Crippen LogP contribution in [0.15, 0.2) is 40.1 Å². The smallest absolute Gasteiger partial charge is 0.263 e. The van der Waals surface area contributed by atoms with Crippen LogP contribution in [0.5, 0.6) is 0 Å². The summed E-state index contributed by atoms with van der Waals surface area (Å²) in [5, 5.41) is 13.8. The Labute approximate surface area is 131 Å². The lowest BCUT2D eigenvalue weighted by atomic mass is 10.4. The third kappa shape index (κ3) is 2.85. The molecule has 0 aliphatic carbocycles. The van der Waals surface area contributed by atoms with Gasteiger partial charge in [0.2, 0.25) is 0 Å². The molecule has 3 rings (SSSR count). The average Bonchev–Trinajstić information content (AvgIpc) is 3.09. The molecule has 0 aliphatic rings.